The highest BCUT2D eigenvalue weighted by Gasteiger charge is 2.46. The Morgan fingerprint density at radius 2 is 1.60 bits per heavy atom. The Labute approximate surface area is 115 Å². The summed E-state index contributed by atoms with van der Waals surface area (Å²) < 4.78 is 76.7. The molecule has 0 aromatic heterocycles. The van der Waals surface area contributed by atoms with Crippen molar-refractivity contribution < 1.29 is 26.3 Å². The quantitative estimate of drug-likeness (QED) is 0.500. The molecule has 0 aromatic carbocycles. The summed E-state index contributed by atoms with van der Waals surface area (Å²) in [6.45, 7) is 3.28. The van der Waals surface area contributed by atoms with Gasteiger partial charge < -0.3 is 0 Å². The summed E-state index contributed by atoms with van der Waals surface area (Å²) >= 11 is 0. The molecule has 1 unspecified atom stereocenters. The van der Waals surface area contributed by atoms with Crippen LogP contribution < -0.4 is 0 Å². The lowest BCUT2D eigenvalue weighted by Crippen LogP contribution is -2.29. The maximum absolute atomic E-state index is 12.8. The highest BCUT2D eigenvalue weighted by Crippen LogP contribution is 2.48. The first-order valence-corrected chi connectivity index (χ1v) is 6.29. The Morgan fingerprint density at radius 1 is 1.10 bits per heavy atom. The number of halogens is 6. The van der Waals surface area contributed by atoms with Crippen LogP contribution in [-0.2, 0) is 0 Å². The molecule has 0 amide bonds. The van der Waals surface area contributed by atoms with Crippen molar-refractivity contribution in [2.24, 2.45) is 5.92 Å². The largest absolute Gasteiger partial charge is 0.412 e. The van der Waals surface area contributed by atoms with Crippen LogP contribution in [0.4, 0.5) is 26.3 Å². The summed E-state index contributed by atoms with van der Waals surface area (Å²) in [4.78, 5) is 0. The van der Waals surface area contributed by atoms with Gasteiger partial charge in [0.2, 0.25) is 0 Å². The second-order valence-corrected chi connectivity index (χ2v) is 5.00. The van der Waals surface area contributed by atoms with Gasteiger partial charge in [0.25, 0.3) is 0 Å². The number of hydrogen-bond donors (Lipinski definition) is 0. The molecule has 1 aliphatic carbocycles. The van der Waals surface area contributed by atoms with E-state index >= 15 is 0 Å². The monoisotopic (exact) mass is 296 g/mol. The second-order valence-electron chi connectivity index (χ2n) is 5.00. The van der Waals surface area contributed by atoms with Crippen molar-refractivity contribution in [3.8, 4) is 0 Å². The Bertz CT molecular complexity index is 412. The maximum Gasteiger partial charge on any atom is 0.412 e. The van der Waals surface area contributed by atoms with Crippen LogP contribution in [0.5, 0.6) is 0 Å². The topological polar surface area (TPSA) is 0 Å². The van der Waals surface area contributed by atoms with Gasteiger partial charge in [-0.25, -0.2) is 0 Å². The molecule has 0 aromatic rings. The van der Waals surface area contributed by atoms with Gasteiger partial charge in [0.1, 0.15) is 0 Å². The molecule has 1 atom stereocenters. The van der Waals surface area contributed by atoms with E-state index < -0.39 is 35.6 Å². The van der Waals surface area contributed by atoms with Gasteiger partial charge in [-0.05, 0) is 11.7 Å². The van der Waals surface area contributed by atoms with Crippen LogP contribution in [0.3, 0.4) is 0 Å². The van der Waals surface area contributed by atoms with E-state index in [-0.39, 0.29) is 18.4 Å². The minimum Gasteiger partial charge on any atom is -0.170 e. The highest BCUT2D eigenvalue weighted by molar-refractivity contribution is 6.17. The minimum absolute atomic E-state index is 0.0802. The van der Waals surface area contributed by atoms with Crippen LogP contribution in [0.1, 0.15) is 33.1 Å². The zero-order chi connectivity index (χ0) is 15.8. The molecule has 1 rings (SSSR count). The van der Waals surface area contributed by atoms with Crippen LogP contribution in [0.15, 0.2) is 23.3 Å². The van der Waals surface area contributed by atoms with Gasteiger partial charge in [0.05, 0.1) is 13.8 Å². The lowest BCUT2D eigenvalue weighted by Gasteiger charge is -2.34. The normalized spacial score (nSPS) is 21.5. The van der Waals surface area contributed by atoms with Gasteiger partial charge in [0, 0.05) is 5.57 Å². The average Bonchev–Trinajstić information content (AvgIpc) is 2.35. The van der Waals surface area contributed by atoms with Crippen molar-refractivity contribution in [3.63, 3.8) is 0 Å². The molecule has 0 heterocycles. The maximum atomic E-state index is 12.8. The van der Waals surface area contributed by atoms with E-state index in [1.807, 2.05) is 0 Å². The first kappa shape index (κ1) is 17.2. The van der Waals surface area contributed by atoms with Crippen LogP contribution in [0.25, 0.3) is 0 Å². The third-order valence-corrected chi connectivity index (χ3v) is 3.77. The number of rotatable bonds is 3. The average molecular weight is 296 g/mol. The Hall–Kier alpha value is -0.875. The summed E-state index contributed by atoms with van der Waals surface area (Å²) in [7, 11) is 5.93. The van der Waals surface area contributed by atoms with Crippen LogP contribution >= 0.6 is 0 Å². The molecule has 0 nitrogen and oxygen atoms in total. The van der Waals surface area contributed by atoms with Gasteiger partial charge in [-0.3, -0.25) is 0 Å². The molecule has 0 N–H and O–H groups in total. The SMILES string of the molecule is [B]C(CC)(CC)C1=CC(C(F)(F)F)CC(C(F)(F)F)=C1. The van der Waals surface area contributed by atoms with Gasteiger partial charge in [-0.2, -0.15) is 26.3 Å². The van der Waals surface area contributed by atoms with Crippen molar-refractivity contribution >= 4 is 7.85 Å². The molecule has 0 bridgehead atoms. The van der Waals surface area contributed by atoms with Gasteiger partial charge >= 0.3 is 12.4 Å². The zero-order valence-electron chi connectivity index (χ0n) is 11.2. The van der Waals surface area contributed by atoms with E-state index in [0.29, 0.717) is 0 Å². The van der Waals surface area contributed by atoms with Crippen molar-refractivity contribution in [1.82, 2.24) is 0 Å². The lowest BCUT2D eigenvalue weighted by molar-refractivity contribution is -0.166. The Kier molecular flexibility index (Phi) is 4.71. The molecule has 7 heteroatoms. The van der Waals surface area contributed by atoms with Gasteiger partial charge in [0.15, 0.2) is 0 Å². The van der Waals surface area contributed by atoms with Crippen molar-refractivity contribution in [1.29, 1.82) is 0 Å². The molecule has 0 aliphatic heterocycles. The molecule has 2 radical (unpaired) electrons. The molecule has 20 heavy (non-hydrogen) atoms. The smallest absolute Gasteiger partial charge is 0.170 e. The molecular weight excluding hydrogens is 281 g/mol. The van der Waals surface area contributed by atoms with Crippen molar-refractivity contribution in [2.45, 2.75) is 50.8 Å². The van der Waals surface area contributed by atoms with Gasteiger partial charge in [-0.15, -0.1) is 0 Å². The molecule has 112 valence electrons. The van der Waals surface area contributed by atoms with E-state index in [1.54, 1.807) is 13.8 Å². The third kappa shape index (κ3) is 3.61. The molecule has 0 spiro atoms. The summed E-state index contributed by atoms with van der Waals surface area (Å²) in [5.74, 6) is -2.14. The van der Waals surface area contributed by atoms with E-state index in [1.165, 1.54) is 0 Å². The highest BCUT2D eigenvalue weighted by atomic mass is 19.4. The van der Waals surface area contributed by atoms with E-state index in [9.17, 15) is 26.3 Å². The van der Waals surface area contributed by atoms with Crippen molar-refractivity contribution in [3.05, 3.63) is 23.3 Å². The Morgan fingerprint density at radius 3 is 1.95 bits per heavy atom. The van der Waals surface area contributed by atoms with Crippen LogP contribution in [0, 0.1) is 5.92 Å². The summed E-state index contributed by atoms with van der Waals surface area (Å²) in [6, 6.07) is 0. The summed E-state index contributed by atoms with van der Waals surface area (Å²) in [5, 5.41) is -1.17. The summed E-state index contributed by atoms with van der Waals surface area (Å²) in [5.41, 5.74) is -1.25. The Balaban J connectivity index is 3.30. The fourth-order valence-corrected chi connectivity index (χ4v) is 2.18. The standard InChI is InChI=1S/C13H15BF6/c1-3-11(14,4-2)8-5-9(12(15,16)17)7-10(6-8)13(18,19)20/h5-6,9H,3-4,7H2,1-2H3. The number of hydrogen-bond acceptors (Lipinski definition) is 0. The number of alkyl halides is 6. The first-order chi connectivity index (χ1) is 8.94. The minimum atomic E-state index is -4.77. The molecular formula is C13H15BF6. The lowest BCUT2D eigenvalue weighted by atomic mass is 9.58. The molecule has 1 aliphatic rings. The van der Waals surface area contributed by atoms with Crippen LogP contribution in [-0.4, -0.2) is 20.2 Å². The molecule has 0 saturated carbocycles. The second kappa shape index (κ2) is 5.49. The van der Waals surface area contributed by atoms with Crippen molar-refractivity contribution in [2.75, 3.05) is 0 Å². The fourth-order valence-electron chi connectivity index (χ4n) is 2.18. The third-order valence-electron chi connectivity index (χ3n) is 3.77. The predicted molar refractivity (Wildman–Crippen MR) is 65.4 cm³/mol. The van der Waals surface area contributed by atoms with E-state index in [4.69, 9.17) is 7.85 Å². The van der Waals surface area contributed by atoms with Gasteiger partial charge in [-0.1, -0.05) is 44.4 Å². The van der Waals surface area contributed by atoms with Crippen LogP contribution in [0.2, 0.25) is 5.31 Å². The predicted octanol–water partition coefficient (Wildman–Crippen LogP) is 5.13. The van der Waals surface area contributed by atoms with E-state index in [0.717, 1.165) is 12.2 Å². The fraction of sp³-hybridized carbons (Fsp3) is 0.692. The van der Waals surface area contributed by atoms with E-state index in [2.05, 4.69) is 0 Å². The zero-order valence-corrected chi connectivity index (χ0v) is 11.2. The number of allylic oxidation sites excluding steroid dienone is 4. The summed E-state index contributed by atoms with van der Waals surface area (Å²) in [6.07, 6.45) is -8.43. The molecule has 0 fully saturated rings. The molecule has 0 saturated heterocycles. The first-order valence-electron chi connectivity index (χ1n) is 6.29.